The molecule has 0 saturated carbocycles. The van der Waals surface area contributed by atoms with Gasteiger partial charge in [0.25, 0.3) is 0 Å². The summed E-state index contributed by atoms with van der Waals surface area (Å²) in [6, 6.07) is 14.8. The van der Waals surface area contributed by atoms with E-state index in [1.807, 2.05) is 30.3 Å². The highest BCUT2D eigenvalue weighted by Gasteiger charge is 2.06. The molecule has 3 nitrogen and oxygen atoms in total. The van der Waals surface area contributed by atoms with Crippen LogP contribution in [-0.2, 0) is 11.2 Å². The number of hydrogen-bond donors (Lipinski definition) is 2. The molecular weight excluding hydrogens is 359 g/mol. The van der Waals surface area contributed by atoms with Crippen LogP contribution < -0.4 is 10.6 Å². The second kappa shape index (κ2) is 9.30. The molecule has 2 N–H and O–H groups in total. The highest BCUT2D eigenvalue weighted by molar-refractivity contribution is 9.10. The number of carbonyl (C=O) groups excluding carboxylic acids is 1. The third kappa shape index (κ3) is 6.40. The van der Waals surface area contributed by atoms with Crippen LogP contribution in [-0.4, -0.2) is 19.0 Å². The van der Waals surface area contributed by atoms with Gasteiger partial charge >= 0.3 is 0 Å². The molecule has 0 radical (unpaired) electrons. The Morgan fingerprint density at radius 3 is 2.61 bits per heavy atom. The van der Waals surface area contributed by atoms with E-state index in [0.29, 0.717) is 29.4 Å². The number of benzene rings is 2. The van der Waals surface area contributed by atoms with Gasteiger partial charge < -0.3 is 10.6 Å². The third-order valence-corrected chi connectivity index (χ3v) is 3.91. The van der Waals surface area contributed by atoms with Gasteiger partial charge in [-0.3, -0.25) is 4.79 Å². The molecule has 1 amide bonds. The summed E-state index contributed by atoms with van der Waals surface area (Å²) in [7, 11) is 0. The zero-order chi connectivity index (χ0) is 16.5. The Labute approximate surface area is 144 Å². The molecule has 0 unspecified atom stereocenters. The van der Waals surface area contributed by atoms with E-state index in [2.05, 4.69) is 26.6 Å². The van der Waals surface area contributed by atoms with Gasteiger partial charge in [0, 0.05) is 29.7 Å². The zero-order valence-corrected chi connectivity index (χ0v) is 14.4. The van der Waals surface area contributed by atoms with E-state index < -0.39 is 0 Å². The molecule has 0 aliphatic carbocycles. The Kier molecular flexibility index (Phi) is 7.07. The fourth-order valence-corrected chi connectivity index (χ4v) is 2.50. The lowest BCUT2D eigenvalue weighted by atomic mass is 10.1. The molecule has 122 valence electrons. The second-order valence-electron chi connectivity index (χ2n) is 5.23. The topological polar surface area (TPSA) is 41.1 Å². The van der Waals surface area contributed by atoms with Crippen LogP contribution in [0.4, 0.5) is 10.1 Å². The van der Waals surface area contributed by atoms with E-state index in [0.717, 1.165) is 18.7 Å². The summed E-state index contributed by atoms with van der Waals surface area (Å²) in [6.45, 7) is 1.41. The predicted octanol–water partition coefficient (Wildman–Crippen LogP) is 4.14. The van der Waals surface area contributed by atoms with E-state index in [9.17, 15) is 9.18 Å². The van der Waals surface area contributed by atoms with Crippen molar-refractivity contribution in [1.29, 1.82) is 0 Å². The highest BCUT2D eigenvalue weighted by Crippen LogP contribution is 2.16. The Morgan fingerprint density at radius 1 is 1.09 bits per heavy atom. The number of halogens is 2. The van der Waals surface area contributed by atoms with Crippen LogP contribution in [0.5, 0.6) is 0 Å². The molecular formula is C18H20BrFN2O. The number of hydrogen-bond acceptors (Lipinski definition) is 2. The summed E-state index contributed by atoms with van der Waals surface area (Å²) in [5.41, 5.74) is 1.64. The molecule has 0 aliphatic rings. The van der Waals surface area contributed by atoms with Gasteiger partial charge in [0.1, 0.15) is 5.82 Å². The van der Waals surface area contributed by atoms with Crippen molar-refractivity contribution in [2.45, 2.75) is 19.3 Å². The van der Waals surface area contributed by atoms with E-state index >= 15 is 0 Å². The fourth-order valence-electron chi connectivity index (χ4n) is 2.17. The van der Waals surface area contributed by atoms with Gasteiger partial charge in [0.2, 0.25) is 5.91 Å². The van der Waals surface area contributed by atoms with Crippen molar-refractivity contribution in [3.05, 3.63) is 64.4 Å². The number of rotatable bonds is 8. The van der Waals surface area contributed by atoms with Crippen molar-refractivity contribution in [1.82, 2.24) is 5.32 Å². The van der Waals surface area contributed by atoms with E-state index in [1.54, 1.807) is 12.1 Å². The first kappa shape index (κ1) is 17.5. The molecule has 0 spiro atoms. The van der Waals surface area contributed by atoms with E-state index in [1.165, 1.54) is 6.07 Å². The van der Waals surface area contributed by atoms with Crippen LogP contribution in [0.1, 0.15) is 18.4 Å². The number of aryl methyl sites for hydroxylation is 1. The summed E-state index contributed by atoms with van der Waals surface area (Å²) in [5.74, 6) is -0.328. The molecule has 0 bridgehead atoms. The van der Waals surface area contributed by atoms with Gasteiger partial charge in [-0.05, 0) is 42.7 Å². The molecule has 0 heterocycles. The molecule has 0 aliphatic heterocycles. The summed E-state index contributed by atoms with van der Waals surface area (Å²) in [4.78, 5) is 11.8. The first-order valence-corrected chi connectivity index (χ1v) is 8.44. The minimum atomic E-state index is -0.278. The number of carbonyl (C=O) groups is 1. The van der Waals surface area contributed by atoms with Crippen molar-refractivity contribution < 1.29 is 9.18 Å². The minimum absolute atomic E-state index is 0.0490. The second-order valence-corrected chi connectivity index (χ2v) is 6.15. The van der Waals surface area contributed by atoms with Gasteiger partial charge in [-0.2, -0.15) is 0 Å². The zero-order valence-electron chi connectivity index (χ0n) is 12.8. The Bertz CT molecular complexity index is 634. The lowest BCUT2D eigenvalue weighted by molar-refractivity contribution is -0.121. The standard InChI is InChI=1S/C18H20BrFN2O/c19-15-9-7-14(17(20)13-15)8-10-18(23)22-12-4-11-21-16-5-2-1-3-6-16/h1-3,5-7,9,13,21H,4,8,10-12H2,(H,22,23). The molecule has 0 aromatic heterocycles. The Hall–Kier alpha value is -1.88. The molecule has 0 atom stereocenters. The summed E-state index contributed by atoms with van der Waals surface area (Å²) in [6.07, 6.45) is 1.55. The van der Waals surface area contributed by atoms with Crippen LogP contribution in [0.2, 0.25) is 0 Å². The van der Waals surface area contributed by atoms with Crippen molar-refractivity contribution in [2.75, 3.05) is 18.4 Å². The predicted molar refractivity (Wildman–Crippen MR) is 95.0 cm³/mol. The monoisotopic (exact) mass is 378 g/mol. The summed E-state index contributed by atoms with van der Waals surface area (Å²) >= 11 is 3.22. The average Bonchev–Trinajstić information content (AvgIpc) is 2.54. The average molecular weight is 379 g/mol. The van der Waals surface area contributed by atoms with Crippen LogP contribution in [0, 0.1) is 5.82 Å². The third-order valence-electron chi connectivity index (χ3n) is 3.42. The van der Waals surface area contributed by atoms with Crippen molar-refractivity contribution >= 4 is 27.5 Å². The fraction of sp³-hybridized carbons (Fsp3) is 0.278. The van der Waals surface area contributed by atoms with Crippen LogP contribution in [0.3, 0.4) is 0 Å². The maximum atomic E-state index is 13.6. The molecule has 5 heteroatoms. The van der Waals surface area contributed by atoms with Crippen LogP contribution in [0.15, 0.2) is 53.0 Å². The Morgan fingerprint density at radius 2 is 1.87 bits per heavy atom. The lowest BCUT2D eigenvalue weighted by Gasteiger charge is -2.08. The van der Waals surface area contributed by atoms with Crippen LogP contribution >= 0.6 is 15.9 Å². The first-order chi connectivity index (χ1) is 11.1. The normalized spacial score (nSPS) is 10.3. The number of anilines is 1. The highest BCUT2D eigenvalue weighted by atomic mass is 79.9. The molecule has 0 saturated heterocycles. The minimum Gasteiger partial charge on any atom is -0.385 e. The molecule has 2 aromatic carbocycles. The lowest BCUT2D eigenvalue weighted by Crippen LogP contribution is -2.26. The van der Waals surface area contributed by atoms with Crippen molar-refractivity contribution in [3.63, 3.8) is 0 Å². The van der Waals surface area contributed by atoms with Crippen molar-refractivity contribution in [3.8, 4) is 0 Å². The maximum Gasteiger partial charge on any atom is 0.220 e. The molecule has 2 rings (SSSR count). The number of para-hydroxylation sites is 1. The van der Waals surface area contributed by atoms with Crippen molar-refractivity contribution in [2.24, 2.45) is 0 Å². The SMILES string of the molecule is O=C(CCc1ccc(Br)cc1F)NCCCNc1ccccc1. The quantitative estimate of drug-likeness (QED) is 0.677. The maximum absolute atomic E-state index is 13.6. The van der Waals surface area contributed by atoms with Gasteiger partial charge in [-0.1, -0.05) is 40.2 Å². The number of amides is 1. The van der Waals surface area contributed by atoms with Gasteiger partial charge in [0.05, 0.1) is 0 Å². The summed E-state index contributed by atoms with van der Waals surface area (Å²) in [5, 5.41) is 6.14. The molecule has 2 aromatic rings. The Balaban J connectivity index is 1.60. The van der Waals surface area contributed by atoms with Gasteiger partial charge in [-0.15, -0.1) is 0 Å². The van der Waals surface area contributed by atoms with Gasteiger partial charge in [0.15, 0.2) is 0 Å². The molecule has 23 heavy (non-hydrogen) atoms. The van der Waals surface area contributed by atoms with Crippen LogP contribution in [0.25, 0.3) is 0 Å². The van der Waals surface area contributed by atoms with E-state index in [-0.39, 0.29) is 11.7 Å². The summed E-state index contributed by atoms with van der Waals surface area (Å²) < 4.78 is 14.3. The smallest absolute Gasteiger partial charge is 0.220 e. The first-order valence-electron chi connectivity index (χ1n) is 7.65. The number of nitrogens with one attached hydrogen (secondary N) is 2. The van der Waals surface area contributed by atoms with Gasteiger partial charge in [-0.25, -0.2) is 4.39 Å². The molecule has 0 fully saturated rings. The largest absolute Gasteiger partial charge is 0.385 e. The van der Waals surface area contributed by atoms with E-state index in [4.69, 9.17) is 0 Å².